The normalized spacial score (nSPS) is 19.1. The lowest BCUT2D eigenvalue weighted by Gasteiger charge is -2.11. The number of nitrogens with one attached hydrogen (secondary N) is 2. The van der Waals surface area contributed by atoms with Crippen molar-refractivity contribution in [2.45, 2.75) is 17.7 Å². The molecular weight excluding hydrogens is 303 g/mol. The molecule has 2 N–H and O–H groups in total. The fraction of sp³-hybridized carbons (Fsp3) is 0.385. The SMILES string of the molecule is COc1cc(NC(=O)C2CC2(Cl)Cl)ccc1NC(C)=O. The minimum Gasteiger partial charge on any atom is -0.494 e. The van der Waals surface area contributed by atoms with Crippen molar-refractivity contribution in [3.05, 3.63) is 18.2 Å². The number of methoxy groups -OCH3 is 1. The lowest BCUT2D eigenvalue weighted by Crippen LogP contribution is -2.17. The Morgan fingerprint density at radius 1 is 1.35 bits per heavy atom. The van der Waals surface area contributed by atoms with Crippen molar-refractivity contribution in [3.8, 4) is 5.75 Å². The van der Waals surface area contributed by atoms with Crippen LogP contribution in [0.4, 0.5) is 11.4 Å². The van der Waals surface area contributed by atoms with Crippen LogP contribution in [-0.4, -0.2) is 23.3 Å². The standard InChI is InChI=1S/C13H14Cl2N2O3/c1-7(18)16-10-4-3-8(5-11(10)20-2)17-12(19)9-6-13(9,14)15/h3-5,9H,6H2,1-2H3,(H,16,18)(H,17,19). The lowest BCUT2D eigenvalue weighted by molar-refractivity contribution is -0.117. The average molecular weight is 317 g/mol. The maximum Gasteiger partial charge on any atom is 0.230 e. The minimum absolute atomic E-state index is 0.202. The predicted molar refractivity (Wildman–Crippen MR) is 78.5 cm³/mol. The van der Waals surface area contributed by atoms with Crippen LogP contribution in [0.1, 0.15) is 13.3 Å². The summed E-state index contributed by atoms with van der Waals surface area (Å²) in [5.41, 5.74) is 1.09. The first-order chi connectivity index (χ1) is 9.33. The summed E-state index contributed by atoms with van der Waals surface area (Å²) in [6, 6.07) is 4.94. The van der Waals surface area contributed by atoms with Crippen molar-refractivity contribution < 1.29 is 14.3 Å². The fourth-order valence-electron chi connectivity index (χ4n) is 1.79. The minimum atomic E-state index is -0.954. The summed E-state index contributed by atoms with van der Waals surface area (Å²) in [4.78, 5) is 22.9. The van der Waals surface area contributed by atoms with Gasteiger partial charge >= 0.3 is 0 Å². The van der Waals surface area contributed by atoms with Gasteiger partial charge in [0.25, 0.3) is 0 Å². The van der Waals surface area contributed by atoms with Crippen molar-refractivity contribution in [1.82, 2.24) is 0 Å². The number of carbonyl (C=O) groups is 2. The molecule has 0 saturated heterocycles. The molecular formula is C13H14Cl2N2O3. The third kappa shape index (κ3) is 3.35. The van der Waals surface area contributed by atoms with Crippen molar-refractivity contribution >= 4 is 46.4 Å². The number of halogens is 2. The Labute approximate surface area is 126 Å². The van der Waals surface area contributed by atoms with E-state index in [0.29, 0.717) is 23.5 Å². The Hall–Kier alpha value is -1.46. The number of hydrogen-bond acceptors (Lipinski definition) is 3. The molecule has 0 heterocycles. The van der Waals surface area contributed by atoms with Crippen molar-refractivity contribution in [2.24, 2.45) is 5.92 Å². The Bertz CT molecular complexity index is 561. The quantitative estimate of drug-likeness (QED) is 0.839. The molecule has 2 rings (SSSR count). The Balaban J connectivity index is 2.10. The number of ether oxygens (including phenoxy) is 1. The van der Waals surface area contributed by atoms with Gasteiger partial charge in [0, 0.05) is 18.7 Å². The number of anilines is 2. The average Bonchev–Trinajstić information content (AvgIpc) is 3.00. The van der Waals surface area contributed by atoms with Gasteiger partial charge in [0.2, 0.25) is 11.8 Å². The molecule has 1 saturated carbocycles. The number of alkyl halides is 2. The van der Waals surface area contributed by atoms with Crippen LogP contribution in [0.15, 0.2) is 18.2 Å². The largest absolute Gasteiger partial charge is 0.494 e. The van der Waals surface area contributed by atoms with Crippen LogP contribution in [0.5, 0.6) is 5.75 Å². The van der Waals surface area contributed by atoms with Crippen LogP contribution < -0.4 is 15.4 Å². The monoisotopic (exact) mass is 316 g/mol. The maximum atomic E-state index is 11.9. The zero-order valence-corrected chi connectivity index (χ0v) is 12.5. The molecule has 1 aliphatic carbocycles. The smallest absolute Gasteiger partial charge is 0.230 e. The van der Waals surface area contributed by atoms with Gasteiger partial charge in [-0.15, -0.1) is 23.2 Å². The van der Waals surface area contributed by atoms with Crippen LogP contribution >= 0.6 is 23.2 Å². The van der Waals surface area contributed by atoms with Crippen LogP contribution in [0.2, 0.25) is 0 Å². The van der Waals surface area contributed by atoms with E-state index in [1.807, 2.05) is 0 Å². The number of hydrogen-bond donors (Lipinski definition) is 2. The van der Waals surface area contributed by atoms with Crippen LogP contribution in [0.3, 0.4) is 0 Å². The van der Waals surface area contributed by atoms with Gasteiger partial charge in [0.05, 0.1) is 18.7 Å². The maximum absolute atomic E-state index is 11.9. The van der Waals surface area contributed by atoms with E-state index in [1.165, 1.54) is 14.0 Å². The van der Waals surface area contributed by atoms with Gasteiger partial charge in [-0.2, -0.15) is 0 Å². The number of amides is 2. The van der Waals surface area contributed by atoms with Gasteiger partial charge in [0.1, 0.15) is 10.1 Å². The molecule has 5 nitrogen and oxygen atoms in total. The van der Waals surface area contributed by atoms with Gasteiger partial charge in [0.15, 0.2) is 0 Å². The van der Waals surface area contributed by atoms with Crippen LogP contribution in [0.25, 0.3) is 0 Å². The van der Waals surface area contributed by atoms with E-state index >= 15 is 0 Å². The first-order valence-electron chi connectivity index (χ1n) is 5.98. The molecule has 0 aliphatic heterocycles. The van der Waals surface area contributed by atoms with E-state index < -0.39 is 10.3 Å². The van der Waals surface area contributed by atoms with E-state index in [9.17, 15) is 9.59 Å². The molecule has 1 fully saturated rings. The topological polar surface area (TPSA) is 67.4 Å². The third-order valence-corrected chi connectivity index (χ3v) is 3.76. The molecule has 2 amide bonds. The van der Waals surface area contributed by atoms with Gasteiger partial charge in [-0.1, -0.05) is 0 Å². The van der Waals surface area contributed by atoms with Gasteiger partial charge in [-0.3, -0.25) is 9.59 Å². The second-order valence-corrected chi connectivity index (χ2v) is 6.15. The summed E-state index contributed by atoms with van der Waals surface area (Å²) < 4.78 is 4.21. The summed E-state index contributed by atoms with van der Waals surface area (Å²) in [7, 11) is 1.48. The van der Waals surface area contributed by atoms with E-state index in [1.54, 1.807) is 18.2 Å². The van der Waals surface area contributed by atoms with Crippen LogP contribution in [-0.2, 0) is 9.59 Å². The summed E-state index contributed by atoms with van der Waals surface area (Å²) in [6.07, 6.45) is 0.447. The number of benzene rings is 1. The van der Waals surface area contributed by atoms with E-state index in [0.717, 1.165) is 0 Å². The molecule has 0 aromatic heterocycles. The molecule has 0 radical (unpaired) electrons. The molecule has 108 valence electrons. The van der Waals surface area contributed by atoms with Gasteiger partial charge in [-0.05, 0) is 18.6 Å². The van der Waals surface area contributed by atoms with Crippen molar-refractivity contribution in [1.29, 1.82) is 0 Å². The van der Waals surface area contributed by atoms with Gasteiger partial charge in [-0.25, -0.2) is 0 Å². The molecule has 1 unspecified atom stereocenters. The molecule has 0 spiro atoms. The highest BCUT2D eigenvalue weighted by atomic mass is 35.5. The summed E-state index contributed by atoms with van der Waals surface area (Å²) in [5.74, 6) is -0.375. The number of carbonyl (C=O) groups excluding carboxylic acids is 2. The molecule has 7 heteroatoms. The highest BCUT2D eigenvalue weighted by molar-refractivity contribution is 6.52. The molecule has 0 bridgehead atoms. The Kier molecular flexibility index (Phi) is 4.11. The molecule has 20 heavy (non-hydrogen) atoms. The second-order valence-electron chi connectivity index (χ2n) is 4.60. The summed E-state index contributed by atoms with van der Waals surface area (Å²) in [5, 5.41) is 5.35. The van der Waals surface area contributed by atoms with Crippen molar-refractivity contribution in [2.75, 3.05) is 17.7 Å². The molecule has 1 aromatic rings. The summed E-state index contributed by atoms with van der Waals surface area (Å²) in [6.45, 7) is 1.41. The van der Waals surface area contributed by atoms with E-state index in [-0.39, 0.29) is 11.8 Å². The zero-order valence-electron chi connectivity index (χ0n) is 11.0. The molecule has 1 atom stereocenters. The van der Waals surface area contributed by atoms with Gasteiger partial charge < -0.3 is 15.4 Å². The Morgan fingerprint density at radius 3 is 2.50 bits per heavy atom. The Morgan fingerprint density at radius 2 is 2.00 bits per heavy atom. The first-order valence-corrected chi connectivity index (χ1v) is 6.73. The second kappa shape index (κ2) is 5.50. The van der Waals surface area contributed by atoms with Crippen molar-refractivity contribution in [3.63, 3.8) is 0 Å². The predicted octanol–water partition coefficient (Wildman–Crippen LogP) is 2.79. The fourth-order valence-corrected chi connectivity index (χ4v) is 2.30. The first kappa shape index (κ1) is 14.9. The van der Waals surface area contributed by atoms with E-state index in [4.69, 9.17) is 27.9 Å². The third-order valence-electron chi connectivity index (χ3n) is 2.92. The van der Waals surface area contributed by atoms with E-state index in [2.05, 4.69) is 10.6 Å². The number of rotatable bonds is 4. The highest BCUT2D eigenvalue weighted by Gasteiger charge is 2.56. The molecule has 1 aromatic carbocycles. The highest BCUT2D eigenvalue weighted by Crippen LogP contribution is 2.53. The van der Waals surface area contributed by atoms with Crippen LogP contribution in [0, 0.1) is 5.92 Å². The molecule has 1 aliphatic rings. The lowest BCUT2D eigenvalue weighted by atomic mass is 10.2. The summed E-state index contributed by atoms with van der Waals surface area (Å²) >= 11 is 11.7. The zero-order chi connectivity index (χ0) is 14.9.